The number of fused-ring (bicyclic) bond motifs is 1. The van der Waals surface area contributed by atoms with E-state index in [0.29, 0.717) is 17.1 Å². The van der Waals surface area contributed by atoms with Crippen LogP contribution in [0, 0.1) is 0 Å². The van der Waals surface area contributed by atoms with Crippen molar-refractivity contribution in [1.29, 1.82) is 0 Å². The Morgan fingerprint density at radius 2 is 1.62 bits per heavy atom. The van der Waals surface area contributed by atoms with Gasteiger partial charge in [-0.1, -0.05) is 0 Å². The first-order chi connectivity index (χ1) is 12.5. The minimum atomic E-state index is -0.419. The van der Waals surface area contributed by atoms with E-state index < -0.39 is 5.43 Å². The molecule has 0 atom stereocenters. The van der Waals surface area contributed by atoms with Crippen LogP contribution in [0.15, 0.2) is 39.5 Å². The molecule has 0 bridgehead atoms. The van der Waals surface area contributed by atoms with Crippen LogP contribution in [0.2, 0.25) is 0 Å². The van der Waals surface area contributed by atoms with Crippen molar-refractivity contribution in [2.24, 2.45) is 0 Å². The van der Waals surface area contributed by atoms with Gasteiger partial charge in [0.25, 0.3) is 0 Å². The summed E-state index contributed by atoms with van der Waals surface area (Å²) in [7, 11) is 5.91. The quantitative estimate of drug-likeness (QED) is 0.749. The highest BCUT2D eigenvalue weighted by atomic mass is 16.5. The summed E-state index contributed by atoms with van der Waals surface area (Å²) in [4.78, 5) is 12.6. The second-order valence-electron chi connectivity index (χ2n) is 5.38. The molecule has 3 aromatic rings. The van der Waals surface area contributed by atoms with E-state index in [4.69, 9.17) is 23.4 Å². The SMILES string of the molecule is COc1ccc(-c2cc(=O)c3c(O)cc(OC)c(OC)c3o2)c(OC)c1. The summed E-state index contributed by atoms with van der Waals surface area (Å²) in [6.45, 7) is 0. The van der Waals surface area contributed by atoms with E-state index in [-0.39, 0.29) is 34.0 Å². The van der Waals surface area contributed by atoms with Crippen LogP contribution in [0.3, 0.4) is 0 Å². The summed E-state index contributed by atoms with van der Waals surface area (Å²) in [5, 5.41) is 10.2. The summed E-state index contributed by atoms with van der Waals surface area (Å²) in [6, 6.07) is 7.72. The molecule has 7 heteroatoms. The molecule has 1 N–H and O–H groups in total. The summed E-state index contributed by atoms with van der Waals surface area (Å²) in [5.74, 6) is 1.54. The van der Waals surface area contributed by atoms with Crippen LogP contribution < -0.4 is 24.4 Å². The molecule has 0 aliphatic carbocycles. The molecule has 0 aliphatic rings. The molecule has 7 nitrogen and oxygen atoms in total. The van der Waals surface area contributed by atoms with E-state index in [1.165, 1.54) is 33.5 Å². The first kappa shape index (κ1) is 17.5. The number of benzene rings is 2. The van der Waals surface area contributed by atoms with E-state index in [1.807, 2.05) is 0 Å². The molecule has 0 radical (unpaired) electrons. The number of methoxy groups -OCH3 is 4. The number of hydrogen-bond donors (Lipinski definition) is 1. The van der Waals surface area contributed by atoms with Crippen LogP contribution in [-0.2, 0) is 0 Å². The monoisotopic (exact) mass is 358 g/mol. The number of phenols is 1. The lowest BCUT2D eigenvalue weighted by molar-refractivity contribution is 0.350. The zero-order valence-electron chi connectivity index (χ0n) is 14.8. The average molecular weight is 358 g/mol. The van der Waals surface area contributed by atoms with Gasteiger partial charge in [-0.2, -0.15) is 0 Å². The van der Waals surface area contributed by atoms with Crippen LogP contribution in [0.5, 0.6) is 28.7 Å². The third-order valence-corrected chi connectivity index (χ3v) is 4.00. The number of rotatable bonds is 5. The molecule has 0 aliphatic heterocycles. The normalized spacial score (nSPS) is 10.6. The highest BCUT2D eigenvalue weighted by molar-refractivity contribution is 5.92. The maximum absolute atomic E-state index is 12.6. The number of ether oxygens (including phenoxy) is 4. The van der Waals surface area contributed by atoms with Gasteiger partial charge < -0.3 is 28.5 Å². The minimum Gasteiger partial charge on any atom is -0.507 e. The summed E-state index contributed by atoms with van der Waals surface area (Å²) >= 11 is 0. The van der Waals surface area contributed by atoms with Crippen molar-refractivity contribution in [3.05, 3.63) is 40.6 Å². The minimum absolute atomic E-state index is 0.0129. The van der Waals surface area contributed by atoms with E-state index in [1.54, 1.807) is 25.3 Å². The lowest BCUT2D eigenvalue weighted by Gasteiger charge is -2.13. The molecule has 0 amide bonds. The van der Waals surface area contributed by atoms with Gasteiger partial charge in [0.2, 0.25) is 5.75 Å². The molecule has 1 heterocycles. The van der Waals surface area contributed by atoms with Gasteiger partial charge in [0, 0.05) is 18.2 Å². The topological polar surface area (TPSA) is 87.4 Å². The van der Waals surface area contributed by atoms with Gasteiger partial charge >= 0.3 is 0 Å². The lowest BCUT2D eigenvalue weighted by Crippen LogP contribution is -2.03. The van der Waals surface area contributed by atoms with E-state index in [9.17, 15) is 9.90 Å². The first-order valence-electron chi connectivity index (χ1n) is 7.68. The number of hydrogen-bond acceptors (Lipinski definition) is 7. The molecular formula is C19H18O7. The molecule has 136 valence electrons. The Bertz CT molecular complexity index is 1020. The van der Waals surface area contributed by atoms with Crippen molar-refractivity contribution in [2.75, 3.05) is 28.4 Å². The third kappa shape index (κ3) is 2.77. The summed E-state index contributed by atoms with van der Waals surface area (Å²) in [5.41, 5.74) is 0.221. The highest BCUT2D eigenvalue weighted by Crippen LogP contribution is 2.42. The van der Waals surface area contributed by atoms with E-state index in [0.717, 1.165) is 0 Å². The van der Waals surface area contributed by atoms with Gasteiger partial charge in [-0.3, -0.25) is 4.79 Å². The fraction of sp³-hybridized carbons (Fsp3) is 0.211. The summed E-state index contributed by atoms with van der Waals surface area (Å²) in [6.07, 6.45) is 0. The number of aromatic hydroxyl groups is 1. The van der Waals surface area contributed by atoms with Crippen LogP contribution in [0.4, 0.5) is 0 Å². The smallest absolute Gasteiger partial charge is 0.205 e. The standard InChI is InChI=1S/C19H18O7/c1-22-10-5-6-11(14(7-10)23-2)15-8-12(20)17-13(21)9-16(24-3)18(25-4)19(17)26-15/h5-9,21H,1-4H3. The van der Waals surface area contributed by atoms with Gasteiger partial charge in [-0.25, -0.2) is 0 Å². The Kier molecular flexibility index (Phi) is 4.62. The van der Waals surface area contributed by atoms with E-state index in [2.05, 4.69) is 0 Å². The van der Waals surface area contributed by atoms with Crippen molar-refractivity contribution in [2.45, 2.75) is 0 Å². The van der Waals surface area contributed by atoms with Gasteiger partial charge in [0.1, 0.15) is 28.4 Å². The fourth-order valence-corrected chi connectivity index (χ4v) is 2.75. The molecule has 3 rings (SSSR count). The fourth-order valence-electron chi connectivity index (χ4n) is 2.75. The molecular weight excluding hydrogens is 340 g/mol. The molecule has 0 fully saturated rings. The van der Waals surface area contributed by atoms with Gasteiger partial charge in [0.05, 0.1) is 34.0 Å². The molecule has 1 aromatic heterocycles. The Morgan fingerprint density at radius 1 is 0.885 bits per heavy atom. The van der Waals surface area contributed by atoms with Crippen molar-refractivity contribution in [3.63, 3.8) is 0 Å². The third-order valence-electron chi connectivity index (χ3n) is 4.00. The number of phenolic OH excluding ortho intramolecular Hbond substituents is 1. The molecule has 0 spiro atoms. The molecule has 2 aromatic carbocycles. The molecule has 0 saturated carbocycles. The summed E-state index contributed by atoms with van der Waals surface area (Å²) < 4.78 is 27.0. The van der Waals surface area contributed by atoms with Crippen molar-refractivity contribution in [3.8, 4) is 40.1 Å². The first-order valence-corrected chi connectivity index (χ1v) is 7.68. The maximum Gasteiger partial charge on any atom is 0.205 e. The predicted molar refractivity (Wildman–Crippen MR) is 95.8 cm³/mol. The van der Waals surface area contributed by atoms with Crippen LogP contribution in [0.1, 0.15) is 0 Å². The van der Waals surface area contributed by atoms with Crippen LogP contribution in [0.25, 0.3) is 22.3 Å². The lowest BCUT2D eigenvalue weighted by atomic mass is 10.1. The van der Waals surface area contributed by atoms with Crippen molar-refractivity contribution >= 4 is 11.0 Å². The zero-order chi connectivity index (χ0) is 18.8. The van der Waals surface area contributed by atoms with Crippen molar-refractivity contribution in [1.82, 2.24) is 0 Å². The van der Waals surface area contributed by atoms with Gasteiger partial charge in [-0.05, 0) is 12.1 Å². The Balaban J connectivity index is 2.35. The average Bonchev–Trinajstić information content (AvgIpc) is 2.66. The van der Waals surface area contributed by atoms with Gasteiger partial charge in [-0.15, -0.1) is 0 Å². The molecule has 26 heavy (non-hydrogen) atoms. The largest absolute Gasteiger partial charge is 0.507 e. The molecule has 0 unspecified atom stereocenters. The Morgan fingerprint density at radius 3 is 2.23 bits per heavy atom. The highest BCUT2D eigenvalue weighted by Gasteiger charge is 2.21. The Labute approximate surface area is 149 Å². The second-order valence-corrected chi connectivity index (χ2v) is 5.38. The zero-order valence-corrected chi connectivity index (χ0v) is 14.8. The van der Waals surface area contributed by atoms with Crippen LogP contribution >= 0.6 is 0 Å². The van der Waals surface area contributed by atoms with Gasteiger partial charge in [0.15, 0.2) is 16.8 Å². The molecule has 0 saturated heterocycles. The Hall–Kier alpha value is -3.35. The van der Waals surface area contributed by atoms with Crippen LogP contribution in [-0.4, -0.2) is 33.5 Å². The van der Waals surface area contributed by atoms with Crippen molar-refractivity contribution < 1.29 is 28.5 Å². The predicted octanol–water partition coefficient (Wildman–Crippen LogP) is 3.20. The van der Waals surface area contributed by atoms with E-state index >= 15 is 0 Å². The second kappa shape index (κ2) is 6.87. The maximum atomic E-state index is 12.6.